The second kappa shape index (κ2) is 5.48. The summed E-state index contributed by atoms with van der Waals surface area (Å²) in [6.07, 6.45) is 3.31. The van der Waals surface area contributed by atoms with Crippen LogP contribution in [0, 0.1) is 5.82 Å². The third kappa shape index (κ3) is 3.07. The van der Waals surface area contributed by atoms with Gasteiger partial charge in [-0.3, -0.25) is 9.78 Å². The number of hydrogen-bond donors (Lipinski definition) is 2. The van der Waals surface area contributed by atoms with Crippen LogP contribution in [0.4, 0.5) is 10.1 Å². The number of hydrogen-bond acceptors (Lipinski definition) is 3. The summed E-state index contributed by atoms with van der Waals surface area (Å²) in [5.74, 6) is -1.11. The maximum Gasteiger partial charge on any atom is 0.254 e. The predicted octanol–water partition coefficient (Wildman–Crippen LogP) is 2.29. The zero-order valence-electron chi connectivity index (χ0n) is 10.4. The number of rotatable bonds is 3. The van der Waals surface area contributed by atoms with Crippen LogP contribution in [0.3, 0.4) is 0 Å². The molecule has 0 aliphatic rings. The van der Waals surface area contributed by atoms with Crippen LogP contribution in [-0.2, 0) is 0 Å². The van der Waals surface area contributed by atoms with E-state index in [2.05, 4.69) is 10.3 Å². The third-order valence-electron chi connectivity index (χ3n) is 2.77. The van der Waals surface area contributed by atoms with Crippen molar-refractivity contribution >= 4 is 11.6 Å². The van der Waals surface area contributed by atoms with Crippen LogP contribution in [0.1, 0.15) is 28.9 Å². The third-order valence-corrected chi connectivity index (χ3v) is 2.77. The quantitative estimate of drug-likeness (QED) is 0.831. The first-order valence-electron chi connectivity index (χ1n) is 5.83. The molecule has 0 fully saturated rings. The summed E-state index contributed by atoms with van der Waals surface area (Å²) in [4.78, 5) is 15.9. The summed E-state index contributed by atoms with van der Waals surface area (Å²) in [5.41, 5.74) is 6.56. The van der Waals surface area contributed by atoms with E-state index in [4.69, 9.17) is 5.73 Å². The molecular formula is C14H14FN3O. The summed E-state index contributed by atoms with van der Waals surface area (Å²) in [6.45, 7) is 1.81. The zero-order valence-corrected chi connectivity index (χ0v) is 10.4. The van der Waals surface area contributed by atoms with Crippen LogP contribution in [-0.4, -0.2) is 10.9 Å². The Hall–Kier alpha value is -2.43. The monoisotopic (exact) mass is 259 g/mol. The molecule has 1 aromatic heterocycles. The highest BCUT2D eigenvalue weighted by Gasteiger charge is 2.15. The van der Waals surface area contributed by atoms with Gasteiger partial charge in [-0.2, -0.15) is 0 Å². The van der Waals surface area contributed by atoms with Crippen molar-refractivity contribution in [1.82, 2.24) is 10.3 Å². The van der Waals surface area contributed by atoms with E-state index in [1.54, 1.807) is 18.5 Å². The van der Waals surface area contributed by atoms with Gasteiger partial charge in [0.1, 0.15) is 5.82 Å². The molecule has 19 heavy (non-hydrogen) atoms. The molecule has 1 heterocycles. The first kappa shape index (κ1) is 13.0. The van der Waals surface area contributed by atoms with Crippen molar-refractivity contribution in [2.24, 2.45) is 0 Å². The minimum atomic E-state index is -0.629. The molecule has 0 spiro atoms. The normalized spacial score (nSPS) is 11.9. The molecule has 0 aliphatic heterocycles. The second-order valence-electron chi connectivity index (χ2n) is 4.22. The Morgan fingerprint density at radius 1 is 1.42 bits per heavy atom. The van der Waals surface area contributed by atoms with Crippen molar-refractivity contribution in [3.8, 4) is 0 Å². The van der Waals surface area contributed by atoms with Gasteiger partial charge in [0, 0.05) is 18.1 Å². The number of aromatic nitrogens is 1. The lowest BCUT2D eigenvalue weighted by Crippen LogP contribution is -2.27. The fourth-order valence-corrected chi connectivity index (χ4v) is 1.71. The van der Waals surface area contributed by atoms with Crippen LogP contribution < -0.4 is 11.1 Å². The number of carbonyl (C=O) groups excluding carboxylic acids is 1. The smallest absolute Gasteiger partial charge is 0.254 e. The van der Waals surface area contributed by atoms with E-state index in [0.717, 1.165) is 11.6 Å². The molecule has 0 aliphatic carbocycles. The molecule has 3 N–H and O–H groups in total. The first-order chi connectivity index (χ1) is 9.08. The molecule has 0 saturated heterocycles. The molecule has 1 aromatic carbocycles. The number of benzene rings is 1. The Morgan fingerprint density at radius 3 is 2.84 bits per heavy atom. The van der Waals surface area contributed by atoms with Gasteiger partial charge in [0.05, 0.1) is 11.6 Å². The van der Waals surface area contributed by atoms with Gasteiger partial charge >= 0.3 is 0 Å². The number of nitrogens with one attached hydrogen (secondary N) is 1. The van der Waals surface area contributed by atoms with Gasteiger partial charge in [0.25, 0.3) is 5.91 Å². The van der Waals surface area contributed by atoms with Gasteiger partial charge in [-0.1, -0.05) is 6.07 Å². The number of halogens is 1. The molecule has 0 saturated carbocycles. The Morgan fingerprint density at radius 2 is 2.21 bits per heavy atom. The molecule has 1 atom stereocenters. The minimum Gasteiger partial charge on any atom is -0.399 e. The van der Waals surface area contributed by atoms with E-state index in [1.807, 2.05) is 13.0 Å². The maximum atomic E-state index is 13.6. The Balaban J connectivity index is 2.13. The molecule has 0 bridgehead atoms. The van der Waals surface area contributed by atoms with Crippen molar-refractivity contribution in [2.45, 2.75) is 13.0 Å². The molecule has 2 aromatic rings. The van der Waals surface area contributed by atoms with Gasteiger partial charge in [-0.25, -0.2) is 4.39 Å². The minimum absolute atomic E-state index is 0.0232. The lowest BCUT2D eigenvalue weighted by Gasteiger charge is -2.14. The van der Waals surface area contributed by atoms with E-state index in [9.17, 15) is 9.18 Å². The summed E-state index contributed by atoms with van der Waals surface area (Å²) in [5, 5.41) is 2.71. The van der Waals surface area contributed by atoms with Gasteiger partial charge in [-0.05, 0) is 36.8 Å². The highest BCUT2D eigenvalue weighted by Crippen LogP contribution is 2.15. The fraction of sp³-hybridized carbons (Fsp3) is 0.143. The summed E-state index contributed by atoms with van der Waals surface area (Å²) in [6, 6.07) is 7.36. The van der Waals surface area contributed by atoms with Gasteiger partial charge in [0.15, 0.2) is 0 Å². The molecule has 2 rings (SSSR count). The maximum absolute atomic E-state index is 13.6. The molecule has 0 radical (unpaired) electrons. The largest absolute Gasteiger partial charge is 0.399 e. The van der Waals surface area contributed by atoms with Crippen LogP contribution in [0.25, 0.3) is 0 Å². The van der Waals surface area contributed by atoms with E-state index in [1.165, 1.54) is 12.1 Å². The highest BCUT2D eigenvalue weighted by atomic mass is 19.1. The molecule has 98 valence electrons. The molecular weight excluding hydrogens is 245 g/mol. The number of amides is 1. The number of nitrogen functional groups attached to an aromatic ring is 1. The van der Waals surface area contributed by atoms with Crippen LogP contribution in [0.15, 0.2) is 42.7 Å². The number of anilines is 1. The van der Waals surface area contributed by atoms with Gasteiger partial charge in [-0.15, -0.1) is 0 Å². The number of pyridine rings is 1. The summed E-state index contributed by atoms with van der Waals surface area (Å²) >= 11 is 0. The zero-order chi connectivity index (χ0) is 13.8. The number of nitrogens with two attached hydrogens (primary N) is 1. The SMILES string of the molecule is C[C@@H](NC(=O)c1ccc(N)cc1F)c1cccnc1. The predicted molar refractivity (Wildman–Crippen MR) is 70.9 cm³/mol. The van der Waals surface area contributed by atoms with Gasteiger partial charge < -0.3 is 11.1 Å². The lowest BCUT2D eigenvalue weighted by molar-refractivity contribution is 0.0936. The average molecular weight is 259 g/mol. The highest BCUT2D eigenvalue weighted by molar-refractivity contribution is 5.95. The van der Waals surface area contributed by atoms with Crippen LogP contribution in [0.2, 0.25) is 0 Å². The van der Waals surface area contributed by atoms with Crippen LogP contribution >= 0.6 is 0 Å². The van der Waals surface area contributed by atoms with Crippen molar-refractivity contribution in [3.63, 3.8) is 0 Å². The number of nitrogens with zero attached hydrogens (tertiary/aromatic N) is 1. The molecule has 1 amide bonds. The van der Waals surface area contributed by atoms with Gasteiger partial charge in [0.2, 0.25) is 0 Å². The number of carbonyl (C=O) groups is 1. The van der Waals surface area contributed by atoms with Crippen molar-refractivity contribution < 1.29 is 9.18 Å². The summed E-state index contributed by atoms with van der Waals surface area (Å²) < 4.78 is 13.6. The molecule has 0 unspecified atom stereocenters. The fourth-order valence-electron chi connectivity index (χ4n) is 1.71. The average Bonchev–Trinajstić information content (AvgIpc) is 2.39. The first-order valence-corrected chi connectivity index (χ1v) is 5.83. The van der Waals surface area contributed by atoms with Crippen LogP contribution in [0.5, 0.6) is 0 Å². The second-order valence-corrected chi connectivity index (χ2v) is 4.22. The molecule has 4 nitrogen and oxygen atoms in total. The Bertz CT molecular complexity index is 586. The van der Waals surface area contributed by atoms with Crippen molar-refractivity contribution in [1.29, 1.82) is 0 Å². The Kier molecular flexibility index (Phi) is 3.75. The summed E-state index contributed by atoms with van der Waals surface area (Å²) in [7, 11) is 0. The standard InChI is InChI=1S/C14H14FN3O/c1-9(10-3-2-6-17-8-10)18-14(19)12-5-4-11(16)7-13(12)15/h2-9H,16H2,1H3,(H,18,19)/t9-/m1/s1. The van der Waals surface area contributed by atoms with Crippen molar-refractivity contribution in [3.05, 3.63) is 59.7 Å². The van der Waals surface area contributed by atoms with Crippen molar-refractivity contribution in [2.75, 3.05) is 5.73 Å². The van der Waals surface area contributed by atoms with E-state index in [0.29, 0.717) is 0 Å². The molecule has 5 heteroatoms. The van der Waals surface area contributed by atoms with E-state index >= 15 is 0 Å². The lowest BCUT2D eigenvalue weighted by atomic mass is 10.1. The topological polar surface area (TPSA) is 68.0 Å². The van der Waals surface area contributed by atoms with E-state index in [-0.39, 0.29) is 17.3 Å². The van der Waals surface area contributed by atoms with E-state index < -0.39 is 11.7 Å². The Labute approximate surface area is 110 Å².